The molecule has 7 heteroatoms. The Bertz CT molecular complexity index is 602. The van der Waals surface area contributed by atoms with Crippen molar-refractivity contribution in [3.63, 3.8) is 0 Å². The lowest BCUT2D eigenvalue weighted by Gasteiger charge is -2.24. The van der Waals surface area contributed by atoms with E-state index in [1.807, 2.05) is 23.1 Å². The van der Waals surface area contributed by atoms with Gasteiger partial charge in [0.15, 0.2) is 9.84 Å². The Morgan fingerprint density at radius 2 is 2.05 bits per heavy atom. The van der Waals surface area contributed by atoms with Crippen molar-refractivity contribution in [1.29, 1.82) is 0 Å². The second-order valence-electron chi connectivity index (χ2n) is 4.52. The van der Waals surface area contributed by atoms with E-state index in [1.165, 1.54) is 0 Å². The average Bonchev–Trinajstić information content (AvgIpc) is 2.50. The molecule has 1 heterocycles. The van der Waals surface area contributed by atoms with Crippen molar-refractivity contribution < 1.29 is 8.42 Å². The van der Waals surface area contributed by atoms with Gasteiger partial charge in [0.1, 0.15) is 4.99 Å². The lowest BCUT2D eigenvalue weighted by molar-refractivity contribution is 0.597. The Balaban J connectivity index is 2.34. The summed E-state index contributed by atoms with van der Waals surface area (Å²) in [5.74, 6) is 0.433. The molecule has 19 heavy (non-hydrogen) atoms. The summed E-state index contributed by atoms with van der Waals surface area (Å²) in [7, 11) is -2.92. The quantitative estimate of drug-likeness (QED) is 0.811. The van der Waals surface area contributed by atoms with Crippen LogP contribution in [0.5, 0.6) is 0 Å². The van der Waals surface area contributed by atoms with Gasteiger partial charge < -0.3 is 10.6 Å². The zero-order chi connectivity index (χ0) is 14.0. The molecule has 0 saturated carbocycles. The van der Waals surface area contributed by atoms with Crippen LogP contribution in [0.25, 0.3) is 0 Å². The first-order valence-electron chi connectivity index (χ1n) is 5.94. The molecule has 0 aromatic heterocycles. The SMILES string of the molecule is NC(=S)c1cc(Br)ccc1N1CCCS(=O)(=O)CC1. The van der Waals surface area contributed by atoms with Crippen molar-refractivity contribution in [1.82, 2.24) is 0 Å². The minimum absolute atomic E-state index is 0.180. The molecule has 1 aliphatic rings. The molecule has 0 unspecified atom stereocenters. The normalized spacial score (nSPS) is 18.9. The van der Waals surface area contributed by atoms with Gasteiger partial charge in [0.05, 0.1) is 11.5 Å². The van der Waals surface area contributed by atoms with E-state index in [4.69, 9.17) is 18.0 Å². The predicted octanol–water partition coefficient (Wildman–Crippen LogP) is 1.71. The van der Waals surface area contributed by atoms with Crippen LogP contribution in [0.4, 0.5) is 5.69 Å². The van der Waals surface area contributed by atoms with Gasteiger partial charge in [-0.05, 0) is 24.6 Å². The highest BCUT2D eigenvalue weighted by molar-refractivity contribution is 9.10. The molecule has 0 amide bonds. The number of nitrogens with two attached hydrogens (primary N) is 1. The van der Waals surface area contributed by atoms with Crippen LogP contribution >= 0.6 is 28.1 Å². The lowest BCUT2D eigenvalue weighted by atomic mass is 10.1. The summed E-state index contributed by atoms with van der Waals surface area (Å²) in [5, 5.41) is 0. The van der Waals surface area contributed by atoms with Crippen molar-refractivity contribution in [2.75, 3.05) is 29.5 Å². The summed E-state index contributed by atoms with van der Waals surface area (Å²) in [5.41, 5.74) is 7.44. The van der Waals surface area contributed by atoms with E-state index in [1.54, 1.807) is 0 Å². The van der Waals surface area contributed by atoms with E-state index in [0.717, 1.165) is 15.7 Å². The average molecular weight is 363 g/mol. The standard InChI is InChI=1S/C12H15BrN2O2S2/c13-9-2-3-11(10(8-9)12(14)18)15-4-1-6-19(16,17)7-5-15/h2-3,8H,1,4-7H2,(H2,14,18). The maximum atomic E-state index is 11.6. The summed E-state index contributed by atoms with van der Waals surface area (Å²) in [6.07, 6.45) is 0.634. The van der Waals surface area contributed by atoms with Gasteiger partial charge >= 0.3 is 0 Å². The molecule has 104 valence electrons. The highest BCUT2D eigenvalue weighted by atomic mass is 79.9. The smallest absolute Gasteiger partial charge is 0.152 e. The van der Waals surface area contributed by atoms with Crippen LogP contribution in [0, 0.1) is 0 Å². The highest BCUT2D eigenvalue weighted by Gasteiger charge is 2.21. The molecule has 1 saturated heterocycles. The summed E-state index contributed by atoms with van der Waals surface area (Å²) in [4.78, 5) is 2.37. The summed E-state index contributed by atoms with van der Waals surface area (Å²) < 4.78 is 24.2. The lowest BCUT2D eigenvalue weighted by Crippen LogP contribution is -2.29. The molecule has 1 aliphatic heterocycles. The van der Waals surface area contributed by atoms with E-state index >= 15 is 0 Å². The van der Waals surface area contributed by atoms with Gasteiger partial charge in [-0.1, -0.05) is 28.1 Å². The molecule has 0 bridgehead atoms. The predicted molar refractivity (Wildman–Crippen MR) is 85.5 cm³/mol. The Kier molecular flexibility index (Phi) is 4.47. The Morgan fingerprint density at radius 1 is 1.32 bits per heavy atom. The molecular formula is C12H15BrN2O2S2. The Labute approximate surface area is 127 Å². The minimum Gasteiger partial charge on any atom is -0.389 e. The van der Waals surface area contributed by atoms with Crippen molar-refractivity contribution in [2.24, 2.45) is 5.73 Å². The molecule has 2 N–H and O–H groups in total. The van der Waals surface area contributed by atoms with Crippen LogP contribution in [0.15, 0.2) is 22.7 Å². The molecule has 1 fully saturated rings. The van der Waals surface area contributed by atoms with E-state index < -0.39 is 9.84 Å². The third kappa shape index (κ3) is 3.67. The van der Waals surface area contributed by atoms with E-state index in [-0.39, 0.29) is 11.5 Å². The molecule has 2 rings (SSSR count). The third-order valence-corrected chi connectivity index (χ3v) is 5.55. The van der Waals surface area contributed by atoms with Crippen LogP contribution < -0.4 is 10.6 Å². The van der Waals surface area contributed by atoms with Crippen molar-refractivity contribution >= 4 is 48.7 Å². The Morgan fingerprint density at radius 3 is 2.74 bits per heavy atom. The fourth-order valence-corrected chi connectivity index (χ4v) is 3.96. The number of halogens is 1. The Hall–Kier alpha value is -0.660. The van der Waals surface area contributed by atoms with Crippen molar-refractivity contribution in [2.45, 2.75) is 6.42 Å². The number of anilines is 1. The van der Waals surface area contributed by atoms with Gasteiger partial charge in [-0.25, -0.2) is 8.42 Å². The number of rotatable bonds is 2. The second-order valence-corrected chi connectivity index (χ2v) is 8.18. The number of hydrogen-bond donors (Lipinski definition) is 1. The van der Waals surface area contributed by atoms with E-state index in [9.17, 15) is 8.42 Å². The topological polar surface area (TPSA) is 63.4 Å². The highest BCUT2D eigenvalue weighted by Crippen LogP contribution is 2.26. The van der Waals surface area contributed by atoms with Crippen LogP contribution in [0.3, 0.4) is 0 Å². The molecule has 0 radical (unpaired) electrons. The van der Waals surface area contributed by atoms with E-state index in [0.29, 0.717) is 24.5 Å². The minimum atomic E-state index is -2.92. The first kappa shape index (κ1) is 14.7. The van der Waals surface area contributed by atoms with Gasteiger partial charge in [-0.15, -0.1) is 0 Å². The zero-order valence-corrected chi connectivity index (χ0v) is 13.5. The molecule has 0 spiro atoms. The molecular weight excluding hydrogens is 348 g/mol. The van der Waals surface area contributed by atoms with Crippen LogP contribution in [0.1, 0.15) is 12.0 Å². The maximum absolute atomic E-state index is 11.6. The molecule has 0 atom stereocenters. The first-order chi connectivity index (χ1) is 8.89. The van der Waals surface area contributed by atoms with Gasteiger partial charge in [0, 0.05) is 28.8 Å². The monoisotopic (exact) mass is 362 g/mol. The number of hydrogen-bond acceptors (Lipinski definition) is 4. The molecule has 4 nitrogen and oxygen atoms in total. The zero-order valence-electron chi connectivity index (χ0n) is 10.3. The number of benzene rings is 1. The summed E-state index contributed by atoms with van der Waals surface area (Å²) in [6.45, 7) is 1.19. The maximum Gasteiger partial charge on any atom is 0.152 e. The first-order valence-corrected chi connectivity index (χ1v) is 8.96. The van der Waals surface area contributed by atoms with E-state index in [2.05, 4.69) is 15.9 Å². The van der Waals surface area contributed by atoms with Crippen LogP contribution in [-0.4, -0.2) is 38.0 Å². The number of sulfone groups is 1. The van der Waals surface area contributed by atoms with Crippen molar-refractivity contribution in [3.8, 4) is 0 Å². The summed E-state index contributed by atoms with van der Waals surface area (Å²) in [6, 6.07) is 5.71. The molecule has 1 aromatic rings. The fourth-order valence-electron chi connectivity index (χ4n) is 2.16. The fraction of sp³-hybridized carbons (Fsp3) is 0.417. The van der Waals surface area contributed by atoms with Gasteiger partial charge in [0.2, 0.25) is 0 Å². The van der Waals surface area contributed by atoms with Crippen molar-refractivity contribution in [3.05, 3.63) is 28.2 Å². The second kappa shape index (κ2) is 5.76. The largest absolute Gasteiger partial charge is 0.389 e. The molecule has 0 aliphatic carbocycles. The number of nitrogens with zero attached hydrogens (tertiary/aromatic N) is 1. The van der Waals surface area contributed by atoms with Crippen LogP contribution in [-0.2, 0) is 9.84 Å². The van der Waals surface area contributed by atoms with Gasteiger partial charge in [-0.3, -0.25) is 0 Å². The third-order valence-electron chi connectivity index (χ3n) is 3.12. The number of thiocarbonyl (C=S) groups is 1. The van der Waals surface area contributed by atoms with Crippen LogP contribution in [0.2, 0.25) is 0 Å². The summed E-state index contributed by atoms with van der Waals surface area (Å²) >= 11 is 8.46. The van der Waals surface area contributed by atoms with Gasteiger partial charge in [-0.2, -0.15) is 0 Å². The molecule has 1 aromatic carbocycles. The van der Waals surface area contributed by atoms with Gasteiger partial charge in [0.25, 0.3) is 0 Å².